The number of allylic oxidation sites excluding steroid dienone is 2. The average molecular weight is 651 g/mol. The molecule has 2 atom stereocenters. The zero-order valence-corrected chi connectivity index (χ0v) is 24.4. The van der Waals surface area contributed by atoms with E-state index in [1.807, 2.05) is 6.08 Å². The molecule has 0 aliphatic heterocycles. The van der Waals surface area contributed by atoms with E-state index in [1.54, 1.807) is 42.5 Å². The molecule has 0 fully saturated rings. The number of benzene rings is 3. The molecule has 0 bridgehead atoms. The van der Waals surface area contributed by atoms with Crippen LogP contribution in [0.3, 0.4) is 0 Å². The van der Waals surface area contributed by atoms with E-state index in [-0.39, 0.29) is 16.5 Å². The van der Waals surface area contributed by atoms with Crippen molar-refractivity contribution in [1.29, 1.82) is 0 Å². The maximum Gasteiger partial charge on any atom is 0.416 e. The molecule has 12 heteroatoms. The van der Waals surface area contributed by atoms with Crippen LogP contribution in [0.2, 0.25) is 10.0 Å². The first-order valence-corrected chi connectivity index (χ1v) is 14.3. The molecule has 0 spiro atoms. The summed E-state index contributed by atoms with van der Waals surface area (Å²) < 4.78 is 51.0. The van der Waals surface area contributed by atoms with Crippen LogP contribution >= 0.6 is 35.0 Å². The van der Waals surface area contributed by atoms with Crippen LogP contribution in [0, 0.1) is 0 Å². The zero-order valence-electron chi connectivity index (χ0n) is 22.1. The van der Waals surface area contributed by atoms with E-state index in [9.17, 15) is 33.0 Å². The Morgan fingerprint density at radius 1 is 1.02 bits per heavy atom. The number of carboxylic acids is 1. The van der Waals surface area contributed by atoms with E-state index >= 15 is 0 Å². The lowest BCUT2D eigenvalue weighted by Crippen LogP contribution is -2.14. The lowest BCUT2D eigenvalue weighted by molar-refractivity contribution is -0.137. The molecule has 2 N–H and O–H groups in total. The molecule has 0 amide bonds. The minimum atomic E-state index is -4.59. The molecule has 0 aliphatic carbocycles. The third-order valence-corrected chi connectivity index (χ3v) is 7.99. The van der Waals surface area contributed by atoms with Crippen LogP contribution in [0.4, 0.5) is 13.2 Å². The minimum absolute atomic E-state index is 0.0214. The van der Waals surface area contributed by atoms with Gasteiger partial charge in [0.05, 0.1) is 39.0 Å². The van der Waals surface area contributed by atoms with Crippen LogP contribution in [-0.4, -0.2) is 28.0 Å². The number of alkyl halides is 3. The largest absolute Gasteiger partial charge is 0.493 e. The van der Waals surface area contributed by atoms with Gasteiger partial charge in [-0.1, -0.05) is 59.6 Å². The lowest BCUT2D eigenvalue weighted by atomic mass is 10.0. The van der Waals surface area contributed by atoms with Crippen molar-refractivity contribution in [3.8, 4) is 5.75 Å². The van der Waals surface area contributed by atoms with Gasteiger partial charge >= 0.3 is 12.1 Å². The normalized spacial score (nSPS) is 13.5. The Balaban J connectivity index is 1.54. The molecule has 0 saturated heterocycles. The molecule has 0 aliphatic rings. The molecule has 6 nitrogen and oxygen atoms in total. The third kappa shape index (κ3) is 8.67. The number of fused-ring (bicyclic) bond motifs is 1. The second-order valence-electron chi connectivity index (χ2n) is 9.11. The maximum absolute atomic E-state index is 13.3. The van der Waals surface area contributed by atoms with Crippen molar-refractivity contribution >= 4 is 51.9 Å². The summed E-state index contributed by atoms with van der Waals surface area (Å²) in [4.78, 5) is 24.1. The van der Waals surface area contributed by atoms with Gasteiger partial charge in [-0.3, -0.25) is 4.79 Å². The first kappa shape index (κ1) is 32.2. The predicted molar refractivity (Wildman–Crippen MR) is 160 cm³/mol. The van der Waals surface area contributed by atoms with Gasteiger partial charge < -0.3 is 19.4 Å². The number of carboxylic acid groups (broad SMARTS) is 1. The molecular weight excluding hydrogens is 628 g/mol. The number of aliphatic hydroxyl groups excluding tert-OH is 1. The lowest BCUT2D eigenvalue weighted by Gasteiger charge is -2.21. The van der Waals surface area contributed by atoms with Crippen LogP contribution in [0.15, 0.2) is 105 Å². The third-order valence-electron chi connectivity index (χ3n) is 6.04. The van der Waals surface area contributed by atoms with Crippen LogP contribution < -0.4 is 10.2 Å². The van der Waals surface area contributed by atoms with E-state index in [1.165, 1.54) is 24.3 Å². The van der Waals surface area contributed by atoms with Gasteiger partial charge in [0.2, 0.25) is 5.76 Å². The summed E-state index contributed by atoms with van der Waals surface area (Å²) in [7, 11) is 0. The van der Waals surface area contributed by atoms with E-state index < -0.39 is 40.3 Å². The van der Waals surface area contributed by atoms with Gasteiger partial charge in [0.25, 0.3) is 0 Å². The van der Waals surface area contributed by atoms with E-state index in [4.69, 9.17) is 32.4 Å². The van der Waals surface area contributed by atoms with Gasteiger partial charge in [-0.15, -0.1) is 11.8 Å². The number of rotatable bonds is 11. The Kier molecular flexibility index (Phi) is 10.6. The van der Waals surface area contributed by atoms with Gasteiger partial charge in [-0.2, -0.15) is 13.2 Å². The van der Waals surface area contributed by atoms with Crippen molar-refractivity contribution in [1.82, 2.24) is 0 Å². The molecule has 1 aromatic heterocycles. The highest BCUT2D eigenvalue weighted by Gasteiger charge is 2.31. The first-order valence-electron chi connectivity index (χ1n) is 12.7. The standard InChI is InChI=1S/C31H23Cl2F3O6S/c32-23-12-9-20(15-24(23)33)41-13-4-2-1-3-8-28(29(38)18-6-5-7-19(14-18)31(34,35)36)43-21-10-11-22-25(37)17-27(30(39)40)42-26(22)16-21/h1-3,5-12,14-17,28-29,38H,4,13H2,(H,39,40)/b2-1+,8-3+/t28-,29+/m0/s1. The molecule has 0 saturated carbocycles. The van der Waals surface area contributed by atoms with Crippen molar-refractivity contribution in [3.05, 3.63) is 128 Å². The Morgan fingerprint density at radius 3 is 2.53 bits per heavy atom. The molecule has 0 unspecified atom stereocenters. The molecule has 4 aromatic rings. The van der Waals surface area contributed by atoms with Crippen LogP contribution in [0.5, 0.6) is 5.75 Å². The Bertz CT molecular complexity index is 1740. The van der Waals surface area contributed by atoms with Gasteiger partial charge in [0, 0.05) is 17.0 Å². The molecule has 43 heavy (non-hydrogen) atoms. The Labute approximate surface area is 258 Å². The minimum Gasteiger partial charge on any atom is -0.493 e. The quantitative estimate of drug-likeness (QED) is 0.0953. The number of hydrogen-bond acceptors (Lipinski definition) is 6. The number of aromatic carboxylic acids is 1. The smallest absolute Gasteiger partial charge is 0.416 e. The van der Waals surface area contributed by atoms with Crippen molar-refractivity contribution in [2.24, 2.45) is 0 Å². The first-order chi connectivity index (χ1) is 20.4. The Hall–Kier alpha value is -3.70. The fourth-order valence-corrected chi connectivity index (χ4v) is 5.31. The van der Waals surface area contributed by atoms with Crippen molar-refractivity contribution < 1.29 is 37.3 Å². The van der Waals surface area contributed by atoms with Crippen molar-refractivity contribution in [2.45, 2.75) is 28.8 Å². The van der Waals surface area contributed by atoms with E-state index in [2.05, 4.69) is 0 Å². The van der Waals surface area contributed by atoms with Crippen LogP contribution in [0.1, 0.15) is 34.2 Å². The molecule has 0 radical (unpaired) electrons. The van der Waals surface area contributed by atoms with Crippen LogP contribution in [0.25, 0.3) is 11.0 Å². The fourth-order valence-electron chi connectivity index (χ4n) is 3.93. The Morgan fingerprint density at radius 2 is 1.81 bits per heavy atom. The van der Waals surface area contributed by atoms with Crippen LogP contribution in [-0.2, 0) is 6.18 Å². The number of ether oxygens (including phenoxy) is 1. The SMILES string of the molecule is O=C(O)c1cc(=O)c2ccc(S[C@@H](/C=C/C=C/CCOc3ccc(Cl)c(Cl)c3)[C@H](O)c3cccc(C(F)(F)F)c3)cc2o1. The predicted octanol–water partition coefficient (Wildman–Crippen LogP) is 8.59. The van der Waals surface area contributed by atoms with Gasteiger partial charge in [0.1, 0.15) is 11.3 Å². The second kappa shape index (κ2) is 14.2. The summed E-state index contributed by atoms with van der Waals surface area (Å²) in [5.74, 6) is -1.39. The van der Waals surface area contributed by atoms with E-state index in [0.717, 1.165) is 30.0 Å². The van der Waals surface area contributed by atoms with Crippen molar-refractivity contribution in [2.75, 3.05) is 6.61 Å². The summed E-state index contributed by atoms with van der Waals surface area (Å²) in [5, 5.41) is 20.5. The molecular formula is C31H23Cl2F3O6S. The summed E-state index contributed by atoms with van der Waals surface area (Å²) in [6, 6.07) is 14.7. The molecule has 1 heterocycles. The van der Waals surface area contributed by atoms with Gasteiger partial charge in [-0.25, -0.2) is 4.79 Å². The zero-order chi connectivity index (χ0) is 31.1. The van der Waals surface area contributed by atoms with E-state index in [0.29, 0.717) is 33.7 Å². The number of aliphatic hydroxyl groups is 1. The second-order valence-corrected chi connectivity index (χ2v) is 11.2. The van der Waals surface area contributed by atoms with Crippen molar-refractivity contribution in [3.63, 3.8) is 0 Å². The topological polar surface area (TPSA) is 97.0 Å². The van der Waals surface area contributed by atoms with Gasteiger partial charge in [-0.05, 0) is 54.4 Å². The average Bonchev–Trinajstić information content (AvgIpc) is 2.96. The summed E-state index contributed by atoms with van der Waals surface area (Å²) in [6.45, 7) is 0.341. The molecule has 3 aromatic carbocycles. The number of halogens is 5. The number of hydrogen-bond donors (Lipinski definition) is 2. The summed E-state index contributed by atoms with van der Waals surface area (Å²) in [6.07, 6.45) is 1.37. The fraction of sp³-hybridized carbons (Fsp3) is 0.161. The summed E-state index contributed by atoms with van der Waals surface area (Å²) >= 11 is 13.0. The highest BCUT2D eigenvalue weighted by atomic mass is 35.5. The van der Waals surface area contributed by atoms with Gasteiger partial charge in [0.15, 0.2) is 5.43 Å². The number of carbonyl (C=O) groups is 1. The molecule has 224 valence electrons. The summed E-state index contributed by atoms with van der Waals surface area (Å²) in [5.41, 5.74) is -1.36. The molecule has 4 rings (SSSR count). The highest BCUT2D eigenvalue weighted by molar-refractivity contribution is 8.00. The number of thioether (sulfide) groups is 1. The maximum atomic E-state index is 13.3. The highest BCUT2D eigenvalue weighted by Crippen LogP contribution is 2.37. The monoisotopic (exact) mass is 650 g/mol.